The largest absolute Gasteiger partial charge is 0.267 e. The van der Waals surface area contributed by atoms with Crippen LogP contribution in [-0.2, 0) is 0 Å². The summed E-state index contributed by atoms with van der Waals surface area (Å²) in [5.41, 5.74) is 0.256. The Balaban J connectivity index is 2.52. The van der Waals surface area contributed by atoms with Crippen LogP contribution in [0.1, 0.15) is 19.9 Å². The molecular formula is C12H12F2N2. The highest BCUT2D eigenvalue weighted by atomic mass is 19.1. The molecule has 1 aromatic heterocycles. The van der Waals surface area contributed by atoms with Gasteiger partial charge in [0.2, 0.25) is 0 Å². The third kappa shape index (κ3) is 1.83. The Hall–Kier alpha value is -1.71. The maximum Gasteiger partial charge on any atom is 0.169 e. The van der Waals surface area contributed by atoms with E-state index in [9.17, 15) is 8.78 Å². The van der Waals surface area contributed by atoms with E-state index in [2.05, 4.69) is 5.10 Å². The van der Waals surface area contributed by atoms with E-state index in [0.717, 1.165) is 0 Å². The first kappa shape index (κ1) is 10.8. The van der Waals surface area contributed by atoms with Crippen LogP contribution in [0.15, 0.2) is 30.5 Å². The lowest BCUT2D eigenvalue weighted by Gasteiger charge is -2.03. The van der Waals surface area contributed by atoms with Gasteiger partial charge in [-0.1, -0.05) is 12.1 Å². The van der Waals surface area contributed by atoms with Crippen LogP contribution in [0.3, 0.4) is 0 Å². The number of hydrogen-bond donors (Lipinski definition) is 0. The van der Waals surface area contributed by atoms with Crippen LogP contribution in [0, 0.1) is 11.6 Å². The van der Waals surface area contributed by atoms with Gasteiger partial charge in [0, 0.05) is 11.6 Å². The summed E-state index contributed by atoms with van der Waals surface area (Å²) >= 11 is 0. The van der Waals surface area contributed by atoms with Crippen LogP contribution < -0.4 is 0 Å². The van der Waals surface area contributed by atoms with E-state index in [1.54, 1.807) is 12.1 Å². The zero-order chi connectivity index (χ0) is 11.7. The van der Waals surface area contributed by atoms with Crippen molar-refractivity contribution >= 4 is 0 Å². The molecule has 0 aliphatic rings. The van der Waals surface area contributed by atoms with Gasteiger partial charge in [0.25, 0.3) is 0 Å². The Kier molecular flexibility index (Phi) is 2.73. The molecule has 4 heteroatoms. The summed E-state index contributed by atoms with van der Waals surface area (Å²) in [7, 11) is 0. The van der Waals surface area contributed by atoms with E-state index in [-0.39, 0.29) is 17.3 Å². The molecule has 0 N–H and O–H groups in total. The summed E-state index contributed by atoms with van der Waals surface area (Å²) in [6, 6.07) is 6.09. The highest BCUT2D eigenvalue weighted by molar-refractivity contribution is 5.59. The van der Waals surface area contributed by atoms with Crippen molar-refractivity contribution in [1.29, 1.82) is 0 Å². The Bertz CT molecular complexity index is 503. The summed E-state index contributed by atoms with van der Waals surface area (Å²) in [5, 5.41) is 4.04. The number of benzene rings is 1. The van der Waals surface area contributed by atoms with Crippen LogP contribution in [0.4, 0.5) is 8.78 Å². The molecule has 0 spiro atoms. The van der Waals surface area contributed by atoms with Crippen molar-refractivity contribution in [2.45, 2.75) is 19.9 Å². The van der Waals surface area contributed by atoms with Gasteiger partial charge in [-0.3, -0.25) is 4.68 Å². The second-order valence-corrected chi connectivity index (χ2v) is 3.88. The fraction of sp³-hybridized carbons (Fsp3) is 0.250. The van der Waals surface area contributed by atoms with Crippen molar-refractivity contribution in [2.24, 2.45) is 0 Å². The van der Waals surface area contributed by atoms with E-state index in [1.165, 1.54) is 23.0 Å². The molecule has 2 nitrogen and oxygen atoms in total. The van der Waals surface area contributed by atoms with E-state index >= 15 is 0 Å². The van der Waals surface area contributed by atoms with Gasteiger partial charge in [-0.15, -0.1) is 0 Å². The molecule has 2 aromatic rings. The second-order valence-electron chi connectivity index (χ2n) is 3.88. The summed E-state index contributed by atoms with van der Waals surface area (Å²) in [4.78, 5) is 0. The van der Waals surface area contributed by atoms with Crippen LogP contribution in [0.2, 0.25) is 0 Å². The number of rotatable bonds is 2. The summed E-state index contributed by atoms with van der Waals surface area (Å²) in [6.45, 7) is 3.77. The molecular weight excluding hydrogens is 210 g/mol. The van der Waals surface area contributed by atoms with E-state index in [1.807, 2.05) is 13.8 Å². The maximum absolute atomic E-state index is 13.6. The van der Waals surface area contributed by atoms with Gasteiger partial charge >= 0.3 is 0 Å². The van der Waals surface area contributed by atoms with Crippen molar-refractivity contribution in [3.05, 3.63) is 42.1 Å². The molecule has 0 atom stereocenters. The predicted molar refractivity (Wildman–Crippen MR) is 58.0 cm³/mol. The smallest absolute Gasteiger partial charge is 0.169 e. The lowest BCUT2D eigenvalue weighted by molar-refractivity contribution is 0.527. The first-order valence-corrected chi connectivity index (χ1v) is 5.09. The monoisotopic (exact) mass is 222 g/mol. The van der Waals surface area contributed by atoms with Crippen LogP contribution >= 0.6 is 0 Å². The number of nitrogens with zero attached hydrogens (tertiary/aromatic N) is 2. The molecule has 1 heterocycles. The topological polar surface area (TPSA) is 17.8 Å². The van der Waals surface area contributed by atoms with Crippen molar-refractivity contribution in [1.82, 2.24) is 9.78 Å². The number of halogens is 2. The SMILES string of the molecule is CC(C)n1cc(F)c(-c2ccccc2F)n1. The maximum atomic E-state index is 13.6. The van der Waals surface area contributed by atoms with Crippen molar-refractivity contribution in [3.8, 4) is 11.3 Å². The predicted octanol–water partition coefficient (Wildman–Crippen LogP) is 3.41. The molecule has 2 rings (SSSR count). The minimum atomic E-state index is -0.501. The van der Waals surface area contributed by atoms with Gasteiger partial charge in [0.15, 0.2) is 5.82 Å². The van der Waals surface area contributed by atoms with Gasteiger partial charge in [0.1, 0.15) is 11.5 Å². The van der Waals surface area contributed by atoms with Crippen molar-refractivity contribution in [2.75, 3.05) is 0 Å². The molecule has 0 saturated carbocycles. The zero-order valence-electron chi connectivity index (χ0n) is 9.11. The quantitative estimate of drug-likeness (QED) is 0.761. The van der Waals surface area contributed by atoms with Gasteiger partial charge in [-0.2, -0.15) is 5.10 Å². The average Bonchev–Trinajstić information content (AvgIpc) is 2.61. The Morgan fingerprint density at radius 2 is 1.81 bits per heavy atom. The van der Waals surface area contributed by atoms with Gasteiger partial charge in [0.05, 0.1) is 6.20 Å². The van der Waals surface area contributed by atoms with Crippen LogP contribution in [-0.4, -0.2) is 9.78 Å². The molecule has 16 heavy (non-hydrogen) atoms. The summed E-state index contributed by atoms with van der Waals surface area (Å²) in [5.74, 6) is -0.964. The highest BCUT2D eigenvalue weighted by Gasteiger charge is 2.15. The number of aromatic nitrogens is 2. The molecule has 0 aliphatic heterocycles. The second kappa shape index (κ2) is 4.04. The van der Waals surface area contributed by atoms with Crippen LogP contribution in [0.25, 0.3) is 11.3 Å². The molecule has 0 fully saturated rings. The molecule has 0 aliphatic carbocycles. The molecule has 0 bridgehead atoms. The fourth-order valence-electron chi connectivity index (χ4n) is 1.47. The lowest BCUT2D eigenvalue weighted by atomic mass is 10.1. The fourth-order valence-corrected chi connectivity index (χ4v) is 1.47. The molecule has 0 unspecified atom stereocenters. The third-order valence-electron chi connectivity index (χ3n) is 2.35. The van der Waals surface area contributed by atoms with E-state index in [0.29, 0.717) is 0 Å². The Morgan fingerprint density at radius 3 is 2.38 bits per heavy atom. The Labute approximate surface area is 92.5 Å². The van der Waals surface area contributed by atoms with Gasteiger partial charge in [-0.05, 0) is 26.0 Å². The van der Waals surface area contributed by atoms with Crippen LogP contribution in [0.5, 0.6) is 0 Å². The van der Waals surface area contributed by atoms with E-state index in [4.69, 9.17) is 0 Å². The minimum Gasteiger partial charge on any atom is -0.267 e. The number of hydrogen-bond acceptors (Lipinski definition) is 1. The van der Waals surface area contributed by atoms with Gasteiger partial charge in [-0.25, -0.2) is 8.78 Å². The molecule has 0 radical (unpaired) electrons. The first-order valence-electron chi connectivity index (χ1n) is 5.09. The van der Waals surface area contributed by atoms with Crippen molar-refractivity contribution in [3.63, 3.8) is 0 Å². The highest BCUT2D eigenvalue weighted by Crippen LogP contribution is 2.24. The normalized spacial score (nSPS) is 11.1. The summed E-state index contributed by atoms with van der Waals surface area (Å²) < 4.78 is 28.5. The first-order chi connectivity index (χ1) is 7.59. The standard InChI is InChI=1S/C12H12F2N2/c1-8(2)16-7-11(14)12(15-16)9-5-3-4-6-10(9)13/h3-8H,1-2H3. The lowest BCUT2D eigenvalue weighted by Crippen LogP contribution is -2.00. The zero-order valence-corrected chi connectivity index (χ0v) is 9.11. The van der Waals surface area contributed by atoms with Gasteiger partial charge < -0.3 is 0 Å². The summed E-state index contributed by atoms with van der Waals surface area (Å²) in [6.07, 6.45) is 1.28. The Morgan fingerprint density at radius 1 is 1.12 bits per heavy atom. The molecule has 1 aromatic carbocycles. The van der Waals surface area contributed by atoms with E-state index < -0.39 is 11.6 Å². The molecule has 0 amide bonds. The average molecular weight is 222 g/mol. The minimum absolute atomic E-state index is 0.0509. The molecule has 84 valence electrons. The van der Waals surface area contributed by atoms with Crippen molar-refractivity contribution < 1.29 is 8.78 Å². The third-order valence-corrected chi connectivity index (χ3v) is 2.35. The molecule has 0 saturated heterocycles.